The highest BCUT2D eigenvalue weighted by molar-refractivity contribution is 7.89. The summed E-state index contributed by atoms with van der Waals surface area (Å²) in [6.07, 6.45) is 1.54. The van der Waals surface area contributed by atoms with E-state index in [0.717, 1.165) is 0 Å². The predicted molar refractivity (Wildman–Crippen MR) is 62.2 cm³/mol. The third kappa shape index (κ3) is 4.25. The molecular formula is C10H19NO5S. The predicted octanol–water partition coefficient (Wildman–Crippen LogP) is 0.149. The summed E-state index contributed by atoms with van der Waals surface area (Å²) >= 11 is 0. The van der Waals surface area contributed by atoms with Crippen molar-refractivity contribution < 1.29 is 23.1 Å². The zero-order valence-electron chi connectivity index (χ0n) is 9.96. The standard InChI is InChI=1S/C10H19NO5S/c1-16-7-8-17(14,15)11-5-2-3-9(4-6-11)10(12)13/h9H,2-8H2,1H3,(H,12,13). The summed E-state index contributed by atoms with van der Waals surface area (Å²) < 4.78 is 29.9. The second-order valence-corrected chi connectivity index (χ2v) is 6.26. The molecule has 1 aliphatic rings. The monoisotopic (exact) mass is 265 g/mol. The van der Waals surface area contributed by atoms with E-state index < -0.39 is 21.9 Å². The van der Waals surface area contributed by atoms with Crippen LogP contribution in [0.2, 0.25) is 0 Å². The van der Waals surface area contributed by atoms with Gasteiger partial charge in [0.2, 0.25) is 10.0 Å². The van der Waals surface area contributed by atoms with Crippen molar-refractivity contribution in [3.05, 3.63) is 0 Å². The van der Waals surface area contributed by atoms with Crippen LogP contribution in [0.1, 0.15) is 19.3 Å². The SMILES string of the molecule is COCCS(=O)(=O)N1CCCC(C(=O)O)CC1. The van der Waals surface area contributed by atoms with Crippen LogP contribution in [0.15, 0.2) is 0 Å². The molecular weight excluding hydrogens is 246 g/mol. The lowest BCUT2D eigenvalue weighted by atomic mass is 10.0. The highest BCUT2D eigenvalue weighted by Crippen LogP contribution is 2.19. The highest BCUT2D eigenvalue weighted by atomic mass is 32.2. The van der Waals surface area contributed by atoms with Gasteiger partial charge in [-0.2, -0.15) is 0 Å². The zero-order chi connectivity index (χ0) is 12.9. The van der Waals surface area contributed by atoms with E-state index in [1.54, 1.807) is 0 Å². The number of carboxylic acids is 1. The van der Waals surface area contributed by atoms with Crippen molar-refractivity contribution in [2.24, 2.45) is 5.92 Å². The van der Waals surface area contributed by atoms with Crippen LogP contribution < -0.4 is 0 Å². The lowest BCUT2D eigenvalue weighted by molar-refractivity contribution is -0.142. The van der Waals surface area contributed by atoms with Crippen molar-refractivity contribution >= 4 is 16.0 Å². The van der Waals surface area contributed by atoms with Gasteiger partial charge < -0.3 is 9.84 Å². The van der Waals surface area contributed by atoms with Gasteiger partial charge in [-0.15, -0.1) is 0 Å². The van der Waals surface area contributed by atoms with Crippen molar-refractivity contribution in [3.63, 3.8) is 0 Å². The first-order chi connectivity index (χ1) is 7.97. The molecule has 0 aromatic rings. The summed E-state index contributed by atoms with van der Waals surface area (Å²) in [5, 5.41) is 8.91. The Morgan fingerprint density at radius 2 is 2.12 bits per heavy atom. The Morgan fingerprint density at radius 1 is 1.41 bits per heavy atom. The van der Waals surface area contributed by atoms with Crippen LogP contribution in [0.3, 0.4) is 0 Å². The Morgan fingerprint density at radius 3 is 2.71 bits per heavy atom. The molecule has 0 aromatic heterocycles. The molecule has 1 saturated heterocycles. The highest BCUT2D eigenvalue weighted by Gasteiger charge is 2.28. The maximum Gasteiger partial charge on any atom is 0.306 e. The molecule has 1 heterocycles. The minimum absolute atomic E-state index is 0.0404. The van der Waals surface area contributed by atoms with Gasteiger partial charge in [0.25, 0.3) is 0 Å². The van der Waals surface area contributed by atoms with Gasteiger partial charge in [0.1, 0.15) is 0 Å². The van der Waals surface area contributed by atoms with Crippen LogP contribution in [-0.4, -0.2) is 56.4 Å². The number of rotatable bonds is 5. The summed E-state index contributed by atoms with van der Waals surface area (Å²) in [6.45, 7) is 0.875. The molecule has 0 radical (unpaired) electrons. The Balaban J connectivity index is 2.59. The van der Waals surface area contributed by atoms with Crippen LogP contribution in [0.4, 0.5) is 0 Å². The molecule has 0 spiro atoms. The summed E-state index contributed by atoms with van der Waals surface area (Å²) in [5.74, 6) is -1.29. The van der Waals surface area contributed by atoms with Crippen molar-refractivity contribution in [1.29, 1.82) is 0 Å². The van der Waals surface area contributed by atoms with E-state index in [9.17, 15) is 13.2 Å². The average molecular weight is 265 g/mol. The second-order valence-electron chi connectivity index (χ2n) is 4.17. The topological polar surface area (TPSA) is 83.9 Å². The number of ether oxygens (including phenoxy) is 1. The van der Waals surface area contributed by atoms with E-state index >= 15 is 0 Å². The summed E-state index contributed by atoms with van der Waals surface area (Å²) in [7, 11) is -1.85. The molecule has 0 amide bonds. The molecule has 7 heteroatoms. The first-order valence-corrected chi connectivity index (χ1v) is 7.28. The molecule has 1 N–H and O–H groups in total. The molecule has 1 fully saturated rings. The molecule has 0 saturated carbocycles. The number of carboxylic acid groups (broad SMARTS) is 1. The van der Waals surface area contributed by atoms with Crippen molar-refractivity contribution in [3.8, 4) is 0 Å². The first-order valence-electron chi connectivity index (χ1n) is 5.67. The maximum atomic E-state index is 11.9. The van der Waals surface area contributed by atoms with Gasteiger partial charge in [0.05, 0.1) is 18.3 Å². The van der Waals surface area contributed by atoms with Crippen molar-refractivity contribution in [2.45, 2.75) is 19.3 Å². The van der Waals surface area contributed by atoms with Gasteiger partial charge in [-0.3, -0.25) is 4.79 Å². The molecule has 0 aliphatic carbocycles. The van der Waals surface area contributed by atoms with Gasteiger partial charge >= 0.3 is 5.97 Å². The molecule has 1 aliphatic heterocycles. The minimum Gasteiger partial charge on any atom is -0.481 e. The molecule has 1 unspecified atom stereocenters. The van der Waals surface area contributed by atoms with E-state index in [1.807, 2.05) is 0 Å². The number of sulfonamides is 1. The number of carbonyl (C=O) groups is 1. The van der Waals surface area contributed by atoms with Crippen LogP contribution >= 0.6 is 0 Å². The van der Waals surface area contributed by atoms with E-state index in [1.165, 1.54) is 11.4 Å². The number of hydrogen-bond acceptors (Lipinski definition) is 4. The number of methoxy groups -OCH3 is 1. The fourth-order valence-corrected chi connectivity index (χ4v) is 3.34. The minimum atomic E-state index is -3.30. The first kappa shape index (κ1) is 14.4. The third-order valence-electron chi connectivity index (χ3n) is 2.98. The van der Waals surface area contributed by atoms with Gasteiger partial charge in [-0.1, -0.05) is 0 Å². The third-order valence-corrected chi connectivity index (χ3v) is 4.81. The van der Waals surface area contributed by atoms with Gasteiger partial charge in [-0.25, -0.2) is 12.7 Å². The Bertz CT molecular complexity index is 354. The van der Waals surface area contributed by atoms with Crippen LogP contribution in [0.5, 0.6) is 0 Å². The molecule has 1 rings (SSSR count). The molecule has 100 valence electrons. The molecule has 17 heavy (non-hydrogen) atoms. The lowest BCUT2D eigenvalue weighted by Crippen LogP contribution is -2.35. The van der Waals surface area contributed by atoms with Crippen LogP contribution in [-0.2, 0) is 19.6 Å². The average Bonchev–Trinajstić information content (AvgIpc) is 2.52. The van der Waals surface area contributed by atoms with E-state index in [0.29, 0.717) is 32.4 Å². The summed E-state index contributed by atoms with van der Waals surface area (Å²) in [5.41, 5.74) is 0. The Labute approximate surface area is 102 Å². The van der Waals surface area contributed by atoms with Gasteiger partial charge in [-0.05, 0) is 19.3 Å². The van der Waals surface area contributed by atoms with E-state index in [-0.39, 0.29) is 12.4 Å². The van der Waals surface area contributed by atoms with Gasteiger partial charge in [0, 0.05) is 20.2 Å². The van der Waals surface area contributed by atoms with Crippen molar-refractivity contribution in [1.82, 2.24) is 4.31 Å². The number of nitrogens with zero attached hydrogens (tertiary/aromatic N) is 1. The molecule has 0 bridgehead atoms. The fourth-order valence-electron chi connectivity index (χ4n) is 1.91. The Kier molecular flexibility index (Phi) is 5.35. The maximum absolute atomic E-state index is 11.9. The number of hydrogen-bond donors (Lipinski definition) is 1. The summed E-state index contributed by atoms with van der Waals surface area (Å²) in [6, 6.07) is 0. The lowest BCUT2D eigenvalue weighted by Gasteiger charge is -2.19. The largest absolute Gasteiger partial charge is 0.481 e. The summed E-state index contributed by atoms with van der Waals surface area (Å²) in [4.78, 5) is 10.8. The zero-order valence-corrected chi connectivity index (χ0v) is 10.8. The normalized spacial score (nSPS) is 23.2. The van der Waals surface area contributed by atoms with E-state index in [4.69, 9.17) is 9.84 Å². The quantitative estimate of drug-likeness (QED) is 0.765. The molecule has 6 nitrogen and oxygen atoms in total. The fraction of sp³-hybridized carbons (Fsp3) is 0.900. The smallest absolute Gasteiger partial charge is 0.306 e. The molecule has 0 aromatic carbocycles. The van der Waals surface area contributed by atoms with E-state index in [2.05, 4.69) is 0 Å². The van der Waals surface area contributed by atoms with Crippen LogP contribution in [0, 0.1) is 5.92 Å². The Hall–Kier alpha value is -0.660. The number of aliphatic carboxylic acids is 1. The van der Waals surface area contributed by atoms with Gasteiger partial charge in [0.15, 0.2) is 0 Å². The van der Waals surface area contributed by atoms with Crippen molar-refractivity contribution in [2.75, 3.05) is 32.6 Å². The van der Waals surface area contributed by atoms with Crippen LogP contribution in [0.25, 0.3) is 0 Å². The second kappa shape index (κ2) is 6.32. The molecule has 1 atom stereocenters.